The smallest absolute Gasteiger partial charge is 0.302 e. The summed E-state index contributed by atoms with van der Waals surface area (Å²) in [7, 11) is 0. The average Bonchev–Trinajstić information content (AvgIpc) is 2.70. The summed E-state index contributed by atoms with van der Waals surface area (Å²) < 4.78 is 5.22. The normalized spacial score (nSPS) is 35.4. The minimum Gasteiger partial charge on any atom is -0.507 e. The highest BCUT2D eigenvalue weighted by molar-refractivity contribution is 5.66. The van der Waals surface area contributed by atoms with E-state index in [1.54, 1.807) is 0 Å². The van der Waals surface area contributed by atoms with Crippen molar-refractivity contribution in [3.05, 3.63) is 47.1 Å². The van der Waals surface area contributed by atoms with Gasteiger partial charge in [-0.3, -0.25) is 4.79 Å². The first-order valence-electron chi connectivity index (χ1n) is 12.3. The molecule has 4 heteroatoms. The van der Waals surface area contributed by atoms with Gasteiger partial charge in [0.15, 0.2) is 0 Å². The molecule has 0 aliphatic heterocycles. The fourth-order valence-electron chi connectivity index (χ4n) is 7.86. The van der Waals surface area contributed by atoms with Crippen LogP contribution < -0.4 is 0 Å². The van der Waals surface area contributed by atoms with Gasteiger partial charge < -0.3 is 14.9 Å². The average molecular weight is 437 g/mol. The first kappa shape index (κ1) is 21.6. The molecule has 4 nitrogen and oxygen atoms in total. The van der Waals surface area contributed by atoms with Crippen molar-refractivity contribution in [1.82, 2.24) is 0 Å². The number of carbonyl (C=O) groups excluding carboxylic acids is 1. The molecule has 0 heterocycles. The fraction of sp³-hybridized carbons (Fsp3) is 0.607. The van der Waals surface area contributed by atoms with Gasteiger partial charge in [0.2, 0.25) is 0 Å². The second-order valence-electron chi connectivity index (χ2n) is 11.2. The number of carbonyl (C=O) groups is 1. The molecule has 4 fully saturated rings. The molecule has 0 spiro atoms. The summed E-state index contributed by atoms with van der Waals surface area (Å²) >= 11 is 0. The number of benzene rings is 1. The van der Waals surface area contributed by atoms with Gasteiger partial charge in [-0.05, 0) is 111 Å². The molecule has 2 atom stereocenters. The van der Waals surface area contributed by atoms with Gasteiger partial charge in [0, 0.05) is 18.4 Å². The van der Waals surface area contributed by atoms with Crippen LogP contribution in [0.5, 0.6) is 11.5 Å². The second kappa shape index (κ2) is 7.97. The molecule has 0 aromatic heterocycles. The lowest BCUT2D eigenvalue weighted by Crippen LogP contribution is -2.48. The zero-order chi connectivity index (χ0) is 22.6. The molecule has 0 saturated heterocycles. The Kier molecular flexibility index (Phi) is 5.38. The molecule has 2 N–H and O–H groups in total. The monoisotopic (exact) mass is 436 g/mol. The lowest BCUT2D eigenvalue weighted by molar-refractivity contribution is -0.140. The molecule has 0 amide bonds. The minimum absolute atomic E-state index is 0.124. The molecule has 5 aliphatic carbocycles. The van der Waals surface area contributed by atoms with Crippen LogP contribution in [0.1, 0.15) is 82.3 Å². The topological polar surface area (TPSA) is 66.8 Å². The van der Waals surface area contributed by atoms with Gasteiger partial charge in [-0.1, -0.05) is 18.2 Å². The number of esters is 1. The van der Waals surface area contributed by atoms with Crippen molar-refractivity contribution in [2.45, 2.75) is 76.5 Å². The first-order chi connectivity index (χ1) is 15.2. The van der Waals surface area contributed by atoms with E-state index < -0.39 is 0 Å². The summed E-state index contributed by atoms with van der Waals surface area (Å²) in [5.74, 6) is 2.48. The van der Waals surface area contributed by atoms with E-state index in [9.17, 15) is 15.0 Å². The molecule has 0 radical (unpaired) electrons. The Balaban J connectivity index is 1.50. The summed E-state index contributed by atoms with van der Waals surface area (Å²) in [4.78, 5) is 11.3. The highest BCUT2D eigenvalue weighted by Gasteiger charge is 2.52. The maximum atomic E-state index is 11.3. The van der Waals surface area contributed by atoms with Gasteiger partial charge in [-0.15, -0.1) is 0 Å². The van der Waals surface area contributed by atoms with Crippen LogP contribution in [0.2, 0.25) is 0 Å². The molecule has 1 aromatic rings. The largest absolute Gasteiger partial charge is 0.507 e. The van der Waals surface area contributed by atoms with Gasteiger partial charge in [0.25, 0.3) is 0 Å². The van der Waals surface area contributed by atoms with Crippen molar-refractivity contribution in [2.75, 3.05) is 6.61 Å². The Morgan fingerprint density at radius 1 is 1.06 bits per heavy atom. The van der Waals surface area contributed by atoms with Gasteiger partial charge in [-0.25, -0.2) is 0 Å². The number of allylic oxidation sites excluding steroid dienone is 2. The van der Waals surface area contributed by atoms with E-state index in [2.05, 4.69) is 12.7 Å². The molecule has 1 aromatic carbocycles. The van der Waals surface area contributed by atoms with Crippen LogP contribution in [-0.4, -0.2) is 22.8 Å². The number of rotatable bonds is 5. The summed E-state index contributed by atoms with van der Waals surface area (Å²) in [6, 6.07) is 3.90. The predicted molar refractivity (Wildman–Crippen MR) is 125 cm³/mol. The quantitative estimate of drug-likeness (QED) is 0.431. The van der Waals surface area contributed by atoms with Crippen LogP contribution in [0.25, 0.3) is 0 Å². The molecule has 172 valence electrons. The van der Waals surface area contributed by atoms with E-state index in [-0.39, 0.29) is 41.3 Å². The molecule has 5 aliphatic rings. The number of hydrogen-bond donors (Lipinski definition) is 2. The van der Waals surface area contributed by atoms with Gasteiger partial charge >= 0.3 is 5.97 Å². The van der Waals surface area contributed by atoms with Crippen LogP contribution in [0, 0.1) is 23.7 Å². The van der Waals surface area contributed by atoms with Crippen molar-refractivity contribution in [1.29, 1.82) is 0 Å². The van der Waals surface area contributed by atoms with Gasteiger partial charge in [0.1, 0.15) is 18.1 Å². The standard InChI is InChI=1S/C28H36O4/c1-16(2)23-5-4-18(15-32-17(3)29)9-24(23)27-25(30)10-22(11-26(27)31)28-12-19-6-20(13-28)8-21(7-19)14-28/h9-11,19-21,23-24,30-31H,1,4-8,12-15H2,2-3H3/t19?,20?,21?,23?,24-,28?/m0/s1. The van der Waals surface area contributed by atoms with Gasteiger partial charge in [-0.2, -0.15) is 0 Å². The Labute approximate surface area is 191 Å². The van der Waals surface area contributed by atoms with Crippen LogP contribution in [0.15, 0.2) is 35.9 Å². The molecule has 1 unspecified atom stereocenters. The van der Waals surface area contributed by atoms with Crippen molar-refractivity contribution in [3.8, 4) is 11.5 Å². The van der Waals surface area contributed by atoms with Crippen molar-refractivity contribution < 1.29 is 19.7 Å². The van der Waals surface area contributed by atoms with Crippen LogP contribution in [0.3, 0.4) is 0 Å². The van der Waals surface area contributed by atoms with E-state index in [1.807, 2.05) is 19.1 Å². The maximum absolute atomic E-state index is 11.3. The third kappa shape index (κ3) is 3.76. The van der Waals surface area contributed by atoms with E-state index in [1.165, 1.54) is 45.4 Å². The highest BCUT2D eigenvalue weighted by Crippen LogP contribution is 2.61. The zero-order valence-corrected chi connectivity index (χ0v) is 19.4. The maximum Gasteiger partial charge on any atom is 0.302 e. The van der Waals surface area contributed by atoms with E-state index in [4.69, 9.17) is 4.74 Å². The SMILES string of the molecule is C=C(C)C1CCC(COC(C)=O)=C[C@@H]1c1c(O)cc(C23CC4CC(CC(C4)C2)C3)cc1O. The van der Waals surface area contributed by atoms with Crippen LogP contribution in [-0.2, 0) is 14.9 Å². The fourth-order valence-corrected chi connectivity index (χ4v) is 7.86. The molecule has 4 saturated carbocycles. The number of ether oxygens (including phenoxy) is 1. The molecular weight excluding hydrogens is 400 g/mol. The van der Waals surface area contributed by atoms with Crippen molar-refractivity contribution in [3.63, 3.8) is 0 Å². The third-order valence-corrected chi connectivity index (χ3v) is 8.84. The van der Waals surface area contributed by atoms with E-state index >= 15 is 0 Å². The lowest BCUT2D eigenvalue weighted by Gasteiger charge is -2.57. The first-order valence-corrected chi connectivity index (χ1v) is 12.3. The van der Waals surface area contributed by atoms with E-state index in [0.717, 1.165) is 47.3 Å². The molecule has 32 heavy (non-hydrogen) atoms. The highest BCUT2D eigenvalue weighted by atomic mass is 16.5. The number of phenols is 2. The Bertz CT molecular complexity index is 913. The number of aromatic hydroxyl groups is 2. The molecular formula is C28H36O4. The number of phenolic OH excluding ortho intramolecular Hbond substituents is 2. The second-order valence-corrected chi connectivity index (χ2v) is 11.2. The lowest BCUT2D eigenvalue weighted by atomic mass is 9.48. The summed E-state index contributed by atoms with van der Waals surface area (Å²) in [6.45, 7) is 7.87. The minimum atomic E-state index is -0.296. The van der Waals surface area contributed by atoms with Crippen molar-refractivity contribution >= 4 is 5.97 Å². The number of hydrogen-bond acceptors (Lipinski definition) is 4. The van der Waals surface area contributed by atoms with Crippen molar-refractivity contribution in [2.24, 2.45) is 23.7 Å². The zero-order valence-electron chi connectivity index (χ0n) is 19.4. The van der Waals surface area contributed by atoms with Crippen LogP contribution >= 0.6 is 0 Å². The summed E-state index contributed by atoms with van der Waals surface area (Å²) in [5.41, 5.74) is 3.92. The van der Waals surface area contributed by atoms with Crippen LogP contribution in [0.4, 0.5) is 0 Å². The molecule has 6 rings (SSSR count). The van der Waals surface area contributed by atoms with E-state index in [0.29, 0.717) is 5.56 Å². The Hall–Kier alpha value is -2.23. The Morgan fingerprint density at radius 2 is 1.62 bits per heavy atom. The Morgan fingerprint density at radius 3 is 2.12 bits per heavy atom. The summed E-state index contributed by atoms with van der Waals surface area (Å²) in [6.07, 6.45) is 11.5. The third-order valence-electron chi connectivity index (χ3n) is 8.84. The summed E-state index contributed by atoms with van der Waals surface area (Å²) in [5, 5.41) is 22.5. The molecule has 4 bridgehead atoms. The van der Waals surface area contributed by atoms with Gasteiger partial charge in [0.05, 0.1) is 0 Å². The predicted octanol–water partition coefficient (Wildman–Crippen LogP) is 6.12.